The normalized spacial score (nSPS) is 9.90. The Morgan fingerprint density at radius 1 is 1.40 bits per heavy atom. The predicted molar refractivity (Wildman–Crippen MR) is 33.5 cm³/mol. The number of pyridine rings is 1. The van der Waals surface area contributed by atoms with E-state index >= 15 is 0 Å². The van der Waals surface area contributed by atoms with Gasteiger partial charge in [-0.3, -0.25) is 0 Å². The Labute approximate surface area is 57.7 Å². The molecule has 0 atom stereocenters. The van der Waals surface area contributed by atoms with E-state index in [2.05, 4.69) is 4.98 Å². The van der Waals surface area contributed by atoms with E-state index in [9.17, 15) is 8.78 Å². The first-order valence-electron chi connectivity index (χ1n) is 3.05. The van der Waals surface area contributed by atoms with Crippen LogP contribution in [-0.2, 0) is 6.42 Å². The topological polar surface area (TPSA) is 12.9 Å². The van der Waals surface area contributed by atoms with Crippen LogP contribution in [0.15, 0.2) is 12.1 Å². The number of rotatable bonds is 1. The van der Waals surface area contributed by atoms with Gasteiger partial charge in [0.1, 0.15) is 0 Å². The average molecular weight is 143 g/mol. The highest BCUT2D eigenvalue weighted by Crippen LogP contribution is 2.05. The minimum absolute atomic E-state index is 0.446. The second-order valence-electron chi connectivity index (χ2n) is 1.94. The van der Waals surface area contributed by atoms with Crippen LogP contribution in [0.1, 0.15) is 12.5 Å². The van der Waals surface area contributed by atoms with Crippen molar-refractivity contribution in [2.75, 3.05) is 0 Å². The molecule has 0 spiro atoms. The van der Waals surface area contributed by atoms with Gasteiger partial charge in [0.25, 0.3) is 0 Å². The maximum Gasteiger partial charge on any atom is 0.218 e. The van der Waals surface area contributed by atoms with Gasteiger partial charge >= 0.3 is 0 Å². The monoisotopic (exact) mass is 143 g/mol. The number of aryl methyl sites for hydroxylation is 1. The van der Waals surface area contributed by atoms with Gasteiger partial charge in [-0.05, 0) is 18.6 Å². The summed E-state index contributed by atoms with van der Waals surface area (Å²) in [4.78, 5) is 3.01. The third-order valence-electron chi connectivity index (χ3n) is 1.27. The maximum absolute atomic E-state index is 12.5. The molecule has 0 radical (unpaired) electrons. The van der Waals surface area contributed by atoms with E-state index in [0.717, 1.165) is 6.07 Å². The first-order chi connectivity index (χ1) is 4.74. The SMILES string of the molecule is CCc1ccc(F)nc1F. The summed E-state index contributed by atoms with van der Waals surface area (Å²) in [5.74, 6) is -1.47. The molecule has 0 saturated carbocycles. The fraction of sp³-hybridized carbons (Fsp3) is 0.286. The Kier molecular flexibility index (Phi) is 1.94. The second kappa shape index (κ2) is 2.73. The van der Waals surface area contributed by atoms with Gasteiger partial charge in [-0.2, -0.15) is 13.8 Å². The lowest BCUT2D eigenvalue weighted by Crippen LogP contribution is -1.93. The lowest BCUT2D eigenvalue weighted by atomic mass is 10.2. The van der Waals surface area contributed by atoms with Gasteiger partial charge in [-0.15, -0.1) is 0 Å². The third-order valence-corrected chi connectivity index (χ3v) is 1.27. The lowest BCUT2D eigenvalue weighted by molar-refractivity contribution is 0.504. The van der Waals surface area contributed by atoms with E-state index in [-0.39, 0.29) is 0 Å². The molecule has 0 aromatic carbocycles. The van der Waals surface area contributed by atoms with Crippen molar-refractivity contribution in [3.63, 3.8) is 0 Å². The molecule has 0 saturated heterocycles. The van der Waals surface area contributed by atoms with E-state index in [4.69, 9.17) is 0 Å². The number of hydrogen-bond donors (Lipinski definition) is 0. The van der Waals surface area contributed by atoms with Gasteiger partial charge in [0.05, 0.1) is 0 Å². The fourth-order valence-electron chi connectivity index (χ4n) is 0.705. The molecule has 0 fully saturated rings. The molecule has 0 aliphatic rings. The maximum atomic E-state index is 12.5. The largest absolute Gasteiger partial charge is 0.218 e. The molecule has 0 N–H and O–H groups in total. The van der Waals surface area contributed by atoms with Crippen LogP contribution in [0.4, 0.5) is 8.78 Å². The molecule has 0 unspecified atom stereocenters. The Morgan fingerprint density at radius 2 is 2.10 bits per heavy atom. The number of halogens is 2. The Morgan fingerprint density at radius 3 is 2.60 bits per heavy atom. The van der Waals surface area contributed by atoms with E-state index in [0.29, 0.717) is 12.0 Å². The molecule has 0 amide bonds. The summed E-state index contributed by atoms with van der Waals surface area (Å²) in [5.41, 5.74) is 0.446. The molecule has 0 aliphatic heterocycles. The van der Waals surface area contributed by atoms with Crippen LogP contribution >= 0.6 is 0 Å². The molecule has 10 heavy (non-hydrogen) atoms. The zero-order valence-electron chi connectivity index (χ0n) is 5.56. The lowest BCUT2D eigenvalue weighted by Gasteiger charge is -1.95. The van der Waals surface area contributed by atoms with E-state index < -0.39 is 11.9 Å². The van der Waals surface area contributed by atoms with Crippen LogP contribution in [0.5, 0.6) is 0 Å². The van der Waals surface area contributed by atoms with Crippen molar-refractivity contribution in [1.82, 2.24) is 4.98 Å². The molecule has 54 valence electrons. The van der Waals surface area contributed by atoms with Crippen LogP contribution in [-0.4, -0.2) is 4.98 Å². The van der Waals surface area contributed by atoms with Crippen LogP contribution in [0.25, 0.3) is 0 Å². The van der Waals surface area contributed by atoms with Crippen LogP contribution in [0, 0.1) is 11.9 Å². The van der Waals surface area contributed by atoms with Crippen molar-refractivity contribution < 1.29 is 8.78 Å². The highest BCUT2D eigenvalue weighted by molar-refractivity contribution is 5.10. The zero-order chi connectivity index (χ0) is 7.56. The van der Waals surface area contributed by atoms with Gasteiger partial charge in [0.15, 0.2) is 0 Å². The molecule has 0 bridgehead atoms. The molecule has 1 rings (SSSR count). The van der Waals surface area contributed by atoms with Gasteiger partial charge in [0, 0.05) is 5.56 Å². The van der Waals surface area contributed by atoms with Crippen LogP contribution in [0.3, 0.4) is 0 Å². The van der Waals surface area contributed by atoms with Gasteiger partial charge in [-0.25, -0.2) is 0 Å². The highest BCUT2D eigenvalue weighted by atomic mass is 19.1. The van der Waals surface area contributed by atoms with Crippen molar-refractivity contribution in [1.29, 1.82) is 0 Å². The van der Waals surface area contributed by atoms with Crippen molar-refractivity contribution in [3.8, 4) is 0 Å². The van der Waals surface area contributed by atoms with Crippen molar-refractivity contribution >= 4 is 0 Å². The van der Waals surface area contributed by atoms with Crippen molar-refractivity contribution in [2.45, 2.75) is 13.3 Å². The molecule has 1 nitrogen and oxygen atoms in total. The van der Waals surface area contributed by atoms with E-state index in [1.165, 1.54) is 6.07 Å². The summed E-state index contributed by atoms with van der Waals surface area (Å²) in [6.45, 7) is 1.79. The zero-order valence-corrected chi connectivity index (χ0v) is 5.56. The molecule has 0 aliphatic carbocycles. The Bertz CT molecular complexity index is 235. The summed E-state index contributed by atoms with van der Waals surface area (Å²) in [7, 11) is 0. The summed E-state index contributed by atoms with van der Waals surface area (Å²) in [6.07, 6.45) is 0.541. The number of aromatic nitrogens is 1. The molecular formula is C7H7F2N. The molecule has 3 heteroatoms. The first-order valence-corrected chi connectivity index (χ1v) is 3.05. The Balaban J connectivity index is 3.07. The van der Waals surface area contributed by atoms with Crippen molar-refractivity contribution in [3.05, 3.63) is 29.6 Å². The minimum Gasteiger partial charge on any atom is -0.190 e. The van der Waals surface area contributed by atoms with Gasteiger partial charge < -0.3 is 0 Å². The highest BCUT2D eigenvalue weighted by Gasteiger charge is 2.01. The first kappa shape index (κ1) is 7.12. The fourth-order valence-corrected chi connectivity index (χ4v) is 0.705. The summed E-state index contributed by atoms with van der Waals surface area (Å²) >= 11 is 0. The van der Waals surface area contributed by atoms with Crippen LogP contribution in [0.2, 0.25) is 0 Å². The number of hydrogen-bond acceptors (Lipinski definition) is 1. The third kappa shape index (κ3) is 1.29. The second-order valence-corrected chi connectivity index (χ2v) is 1.94. The average Bonchev–Trinajstić information content (AvgIpc) is 1.88. The van der Waals surface area contributed by atoms with Gasteiger partial charge in [-0.1, -0.05) is 6.92 Å². The van der Waals surface area contributed by atoms with E-state index in [1.807, 2.05) is 0 Å². The quantitative estimate of drug-likeness (QED) is 0.547. The predicted octanol–water partition coefficient (Wildman–Crippen LogP) is 1.92. The summed E-state index contributed by atoms with van der Waals surface area (Å²) in [6, 6.07) is 2.56. The molecular weight excluding hydrogens is 136 g/mol. The summed E-state index contributed by atoms with van der Waals surface area (Å²) in [5, 5.41) is 0. The summed E-state index contributed by atoms with van der Waals surface area (Å²) < 4.78 is 24.6. The van der Waals surface area contributed by atoms with Crippen LogP contribution < -0.4 is 0 Å². The molecule has 1 heterocycles. The van der Waals surface area contributed by atoms with E-state index in [1.54, 1.807) is 6.92 Å². The standard InChI is InChI=1S/C7H7F2N/c1-2-5-3-4-6(8)10-7(5)9/h3-4H,2H2,1H3. The van der Waals surface area contributed by atoms with Gasteiger partial charge in [0.2, 0.25) is 11.9 Å². The number of nitrogens with zero attached hydrogens (tertiary/aromatic N) is 1. The minimum atomic E-state index is -0.769. The molecule has 1 aromatic rings. The Hall–Kier alpha value is -0.990. The molecule has 1 aromatic heterocycles. The van der Waals surface area contributed by atoms with Crippen molar-refractivity contribution in [2.24, 2.45) is 0 Å². The smallest absolute Gasteiger partial charge is 0.190 e.